The summed E-state index contributed by atoms with van der Waals surface area (Å²) in [4.78, 5) is 13.9. The van der Waals surface area contributed by atoms with Crippen LogP contribution in [-0.4, -0.2) is 31.8 Å². The topological polar surface area (TPSA) is 38.8 Å². The summed E-state index contributed by atoms with van der Waals surface area (Å²) < 4.78 is 12.3. The van der Waals surface area contributed by atoms with Crippen molar-refractivity contribution in [3.05, 3.63) is 21.8 Å². The average Bonchev–Trinajstić information content (AvgIpc) is 2.94. The Morgan fingerprint density at radius 3 is 3.10 bits per heavy atom. The number of hydrogen-bond donors (Lipinski definition) is 0. The van der Waals surface area contributed by atoms with Gasteiger partial charge >= 0.3 is 0 Å². The lowest BCUT2D eigenvalue weighted by atomic mass is 10.1. The zero-order chi connectivity index (χ0) is 13.9. The van der Waals surface area contributed by atoms with Gasteiger partial charge in [-0.15, -0.1) is 0 Å². The summed E-state index contributed by atoms with van der Waals surface area (Å²) in [7, 11) is 0. The van der Waals surface area contributed by atoms with Gasteiger partial charge in [0.2, 0.25) is 0 Å². The summed E-state index contributed by atoms with van der Waals surface area (Å²) in [5.74, 6) is 0.861. The monoisotopic (exact) mass is 387 g/mol. The zero-order valence-electron chi connectivity index (χ0n) is 11.3. The lowest BCUT2D eigenvalue weighted by Crippen LogP contribution is -2.39. The number of amides is 1. The molecule has 3 rings (SSSR count). The summed E-state index contributed by atoms with van der Waals surface area (Å²) in [6, 6.07) is 5.96. The van der Waals surface area contributed by atoms with Gasteiger partial charge in [0, 0.05) is 16.7 Å². The molecule has 0 bridgehead atoms. The molecular formula is C15H18INO3. The van der Waals surface area contributed by atoms with E-state index in [4.69, 9.17) is 9.47 Å². The quantitative estimate of drug-likeness (QED) is 0.746. The number of benzene rings is 1. The third kappa shape index (κ3) is 3.09. The number of nitrogens with zero attached hydrogens (tertiary/aromatic N) is 1. The molecule has 0 radical (unpaired) electrons. The van der Waals surface area contributed by atoms with Gasteiger partial charge in [-0.25, -0.2) is 0 Å². The number of hydrogen-bond acceptors (Lipinski definition) is 3. The minimum atomic E-state index is 0.0473. The SMILES string of the molecule is O=C1COc2cc(I)ccc2N1CCCC1CCCO1. The summed E-state index contributed by atoms with van der Waals surface area (Å²) in [5, 5.41) is 0. The minimum Gasteiger partial charge on any atom is -0.482 e. The van der Waals surface area contributed by atoms with Crippen LogP contribution in [0, 0.1) is 3.57 Å². The second-order valence-electron chi connectivity index (χ2n) is 5.22. The van der Waals surface area contributed by atoms with E-state index in [1.54, 1.807) is 0 Å². The van der Waals surface area contributed by atoms with Crippen LogP contribution >= 0.6 is 22.6 Å². The number of anilines is 1. The van der Waals surface area contributed by atoms with E-state index in [0.29, 0.717) is 6.10 Å². The first-order valence-corrected chi connectivity index (χ1v) is 8.16. The van der Waals surface area contributed by atoms with Crippen LogP contribution in [0.15, 0.2) is 18.2 Å². The van der Waals surface area contributed by atoms with Crippen molar-refractivity contribution < 1.29 is 14.3 Å². The van der Waals surface area contributed by atoms with Gasteiger partial charge in [0.1, 0.15) is 5.75 Å². The molecule has 2 heterocycles. The highest BCUT2D eigenvalue weighted by molar-refractivity contribution is 14.1. The Morgan fingerprint density at radius 2 is 2.30 bits per heavy atom. The molecule has 1 amide bonds. The van der Waals surface area contributed by atoms with Crippen LogP contribution in [0.4, 0.5) is 5.69 Å². The second-order valence-corrected chi connectivity index (χ2v) is 6.47. The van der Waals surface area contributed by atoms with Gasteiger partial charge in [0.05, 0.1) is 11.8 Å². The fourth-order valence-electron chi connectivity index (χ4n) is 2.77. The van der Waals surface area contributed by atoms with Crippen molar-refractivity contribution in [2.75, 3.05) is 24.7 Å². The number of ether oxygens (including phenoxy) is 2. The lowest BCUT2D eigenvalue weighted by molar-refractivity contribution is -0.121. The van der Waals surface area contributed by atoms with Gasteiger partial charge in [-0.1, -0.05) is 0 Å². The average molecular weight is 387 g/mol. The fourth-order valence-corrected chi connectivity index (χ4v) is 3.24. The molecule has 0 aliphatic carbocycles. The highest BCUT2D eigenvalue weighted by Gasteiger charge is 2.25. The van der Waals surface area contributed by atoms with E-state index in [9.17, 15) is 4.79 Å². The molecule has 0 spiro atoms. The minimum absolute atomic E-state index is 0.0473. The number of carbonyl (C=O) groups excluding carboxylic acids is 1. The zero-order valence-corrected chi connectivity index (χ0v) is 13.5. The summed E-state index contributed by atoms with van der Waals surface area (Å²) in [6.07, 6.45) is 4.72. The Labute approximate surface area is 132 Å². The summed E-state index contributed by atoms with van der Waals surface area (Å²) in [6.45, 7) is 1.78. The van der Waals surface area contributed by atoms with E-state index in [-0.39, 0.29) is 12.5 Å². The molecule has 0 N–H and O–H groups in total. The van der Waals surface area contributed by atoms with Crippen LogP contribution < -0.4 is 9.64 Å². The summed E-state index contributed by atoms with van der Waals surface area (Å²) in [5.41, 5.74) is 0.897. The normalized spacial score (nSPS) is 21.8. The van der Waals surface area contributed by atoms with E-state index in [1.807, 2.05) is 23.1 Å². The molecule has 20 heavy (non-hydrogen) atoms. The maximum Gasteiger partial charge on any atom is 0.265 e. The van der Waals surface area contributed by atoms with Crippen molar-refractivity contribution in [1.29, 1.82) is 0 Å². The molecule has 108 valence electrons. The molecule has 1 aromatic rings. The van der Waals surface area contributed by atoms with Crippen LogP contribution in [0.3, 0.4) is 0 Å². The maximum atomic E-state index is 12.0. The molecule has 1 atom stereocenters. The second kappa shape index (κ2) is 6.30. The smallest absolute Gasteiger partial charge is 0.265 e. The predicted octanol–water partition coefficient (Wildman–Crippen LogP) is 2.98. The van der Waals surface area contributed by atoms with Gasteiger partial charge in [0.25, 0.3) is 5.91 Å². The standard InChI is InChI=1S/C15H18INO3/c16-11-5-6-13-14(9-11)20-10-15(18)17(13)7-1-3-12-4-2-8-19-12/h5-6,9,12H,1-4,7-8,10H2. The Kier molecular flexibility index (Phi) is 4.45. The lowest BCUT2D eigenvalue weighted by Gasteiger charge is -2.29. The number of fused-ring (bicyclic) bond motifs is 1. The van der Waals surface area contributed by atoms with Crippen LogP contribution in [0.1, 0.15) is 25.7 Å². The molecule has 0 saturated carbocycles. The van der Waals surface area contributed by atoms with Crippen LogP contribution in [0.2, 0.25) is 0 Å². The first-order valence-electron chi connectivity index (χ1n) is 7.08. The van der Waals surface area contributed by atoms with Crippen molar-refractivity contribution in [1.82, 2.24) is 0 Å². The van der Waals surface area contributed by atoms with Crippen molar-refractivity contribution in [3.63, 3.8) is 0 Å². The predicted molar refractivity (Wildman–Crippen MR) is 85.2 cm³/mol. The molecule has 1 fully saturated rings. The van der Waals surface area contributed by atoms with Gasteiger partial charge in [-0.05, 0) is 66.5 Å². The van der Waals surface area contributed by atoms with E-state index in [2.05, 4.69) is 22.6 Å². The van der Waals surface area contributed by atoms with E-state index >= 15 is 0 Å². The van der Waals surface area contributed by atoms with Crippen LogP contribution in [0.5, 0.6) is 5.75 Å². The Bertz CT molecular complexity index is 500. The highest BCUT2D eigenvalue weighted by atomic mass is 127. The molecule has 1 unspecified atom stereocenters. The number of carbonyl (C=O) groups is 1. The molecule has 4 nitrogen and oxygen atoms in total. The maximum absolute atomic E-state index is 12.0. The fraction of sp³-hybridized carbons (Fsp3) is 0.533. The molecular weight excluding hydrogens is 369 g/mol. The van der Waals surface area contributed by atoms with Gasteiger partial charge in [-0.3, -0.25) is 4.79 Å². The van der Waals surface area contributed by atoms with Gasteiger partial charge in [0.15, 0.2) is 6.61 Å². The van der Waals surface area contributed by atoms with E-state index in [1.165, 1.54) is 6.42 Å². The first-order chi connectivity index (χ1) is 9.74. The summed E-state index contributed by atoms with van der Waals surface area (Å²) >= 11 is 2.25. The Morgan fingerprint density at radius 1 is 1.40 bits per heavy atom. The molecule has 1 aromatic carbocycles. The third-order valence-corrected chi connectivity index (χ3v) is 4.47. The van der Waals surface area contributed by atoms with E-state index in [0.717, 1.165) is 47.4 Å². The third-order valence-electron chi connectivity index (χ3n) is 3.80. The number of rotatable bonds is 4. The molecule has 2 aliphatic rings. The highest BCUT2D eigenvalue weighted by Crippen LogP contribution is 2.33. The van der Waals surface area contributed by atoms with Crippen molar-refractivity contribution in [2.45, 2.75) is 31.8 Å². The van der Waals surface area contributed by atoms with Crippen molar-refractivity contribution >= 4 is 34.2 Å². The Balaban J connectivity index is 1.64. The number of halogens is 1. The molecule has 0 aromatic heterocycles. The molecule has 1 saturated heterocycles. The van der Waals surface area contributed by atoms with Crippen molar-refractivity contribution in [3.8, 4) is 5.75 Å². The van der Waals surface area contributed by atoms with Crippen LogP contribution in [-0.2, 0) is 9.53 Å². The largest absolute Gasteiger partial charge is 0.482 e. The Hall–Kier alpha value is -0.820. The molecule has 5 heteroatoms. The van der Waals surface area contributed by atoms with E-state index < -0.39 is 0 Å². The van der Waals surface area contributed by atoms with Gasteiger partial charge < -0.3 is 14.4 Å². The molecule has 2 aliphatic heterocycles. The van der Waals surface area contributed by atoms with Crippen LogP contribution in [0.25, 0.3) is 0 Å². The van der Waals surface area contributed by atoms with Gasteiger partial charge in [-0.2, -0.15) is 0 Å². The van der Waals surface area contributed by atoms with Crippen molar-refractivity contribution in [2.24, 2.45) is 0 Å². The first kappa shape index (κ1) is 14.1.